The highest BCUT2D eigenvalue weighted by Gasteiger charge is 2.44. The van der Waals surface area contributed by atoms with Crippen molar-refractivity contribution in [2.45, 2.75) is 64.2 Å². The maximum atomic E-state index is 2.52. The van der Waals surface area contributed by atoms with E-state index in [9.17, 15) is 0 Å². The minimum Gasteiger partial charge on any atom is -0.310 e. The summed E-state index contributed by atoms with van der Waals surface area (Å²) in [5, 5.41) is 9.97. The van der Waals surface area contributed by atoms with Crippen LogP contribution < -0.4 is 9.80 Å². The van der Waals surface area contributed by atoms with Gasteiger partial charge in [0.1, 0.15) is 0 Å². The van der Waals surface area contributed by atoms with Crippen LogP contribution in [0.5, 0.6) is 0 Å². The van der Waals surface area contributed by atoms with Gasteiger partial charge in [0, 0.05) is 44.4 Å². The van der Waals surface area contributed by atoms with E-state index in [1.54, 1.807) is 0 Å². The number of hydrogen-bond acceptors (Lipinski definition) is 2. The summed E-state index contributed by atoms with van der Waals surface area (Å²) in [5.74, 6) is 0. The van der Waals surface area contributed by atoms with Crippen LogP contribution in [-0.2, 0) is 10.8 Å². The van der Waals surface area contributed by atoms with Crippen molar-refractivity contribution in [1.82, 2.24) is 0 Å². The molecule has 15 aromatic carbocycles. The normalized spacial score (nSPS) is 13.3. The van der Waals surface area contributed by atoms with Crippen molar-refractivity contribution < 1.29 is 0 Å². The third-order valence-electron chi connectivity index (χ3n) is 22.0. The molecule has 0 saturated carbocycles. The quantitative estimate of drug-likeness (QED) is 0.0703. The van der Waals surface area contributed by atoms with Gasteiger partial charge in [0.25, 0.3) is 0 Å². The van der Waals surface area contributed by atoms with Crippen molar-refractivity contribution in [3.63, 3.8) is 0 Å². The van der Waals surface area contributed by atoms with E-state index in [0.29, 0.717) is 0 Å². The number of anilines is 6. The Morgan fingerprint density at radius 3 is 0.908 bits per heavy atom. The molecule has 0 radical (unpaired) electrons. The standard InChI is InChI=1S/C96H76N2/c1-5-95(6-2)85-43-27-25-41-81(85)93-77-39-23-21-37-75(77)89(63-87(93)95)97(71-33-17-11-18-34-71)73-55-49-65(50-56-73)45-47-67-53-59-79-83(61-67)84-62-68(54-60-80(84)92(70-31-15-10-16-32-70)91(79)69-29-13-9-14-30-69)48-46-66-51-57-74(58-52-66)98(72-35-19-12-20-36-72)90-64-88-94(78-40-24-22-38-76(78)90)82-42-26-28-44-86(82)96(88,7-3)8-4/h9-64H,5-8H2,1-4H3/b47-45+,48-46+. The number of rotatable bonds is 16. The molecule has 2 aliphatic carbocycles. The summed E-state index contributed by atoms with van der Waals surface area (Å²) in [6, 6.07) is 117. The van der Waals surface area contributed by atoms with Gasteiger partial charge in [-0.2, -0.15) is 0 Å². The lowest BCUT2D eigenvalue weighted by Gasteiger charge is -2.32. The molecule has 0 amide bonds. The van der Waals surface area contributed by atoms with Gasteiger partial charge in [-0.05, 0) is 220 Å². The molecule has 0 unspecified atom stereocenters. The number of hydrogen-bond donors (Lipinski definition) is 0. The van der Waals surface area contributed by atoms with Crippen molar-refractivity contribution >= 4 is 102 Å². The maximum absolute atomic E-state index is 2.52. The Bertz CT molecular complexity index is 5230. The van der Waals surface area contributed by atoms with E-state index in [-0.39, 0.29) is 10.8 Å². The fraction of sp³-hybridized carbons (Fsp3) is 0.104. The third-order valence-corrected chi connectivity index (χ3v) is 22.0. The van der Waals surface area contributed by atoms with Crippen LogP contribution in [0.25, 0.3) is 112 Å². The van der Waals surface area contributed by atoms with Gasteiger partial charge in [-0.1, -0.05) is 295 Å². The molecular formula is C96H76N2. The molecule has 2 aliphatic rings. The molecular weight excluding hydrogens is 1180 g/mol. The van der Waals surface area contributed by atoms with E-state index in [1.807, 2.05) is 0 Å². The van der Waals surface area contributed by atoms with E-state index < -0.39 is 0 Å². The Morgan fingerprint density at radius 2 is 0.531 bits per heavy atom. The Morgan fingerprint density at radius 1 is 0.235 bits per heavy atom. The zero-order chi connectivity index (χ0) is 65.9. The van der Waals surface area contributed by atoms with Crippen molar-refractivity contribution in [2.75, 3.05) is 9.80 Å². The molecule has 2 heteroatoms. The number of benzene rings is 15. The first-order valence-corrected chi connectivity index (χ1v) is 35.1. The number of nitrogens with zero attached hydrogens (tertiary/aromatic N) is 2. The predicted octanol–water partition coefficient (Wildman–Crippen LogP) is 27.1. The summed E-state index contributed by atoms with van der Waals surface area (Å²) >= 11 is 0. The average molecular weight is 1260 g/mol. The maximum Gasteiger partial charge on any atom is 0.0543 e. The van der Waals surface area contributed by atoms with Gasteiger partial charge in [0.2, 0.25) is 0 Å². The summed E-state index contributed by atoms with van der Waals surface area (Å²) in [7, 11) is 0. The largest absolute Gasteiger partial charge is 0.310 e. The van der Waals surface area contributed by atoms with E-state index in [2.05, 4.69) is 377 Å². The first-order valence-electron chi connectivity index (χ1n) is 35.1. The summed E-state index contributed by atoms with van der Waals surface area (Å²) < 4.78 is 0. The van der Waals surface area contributed by atoms with Crippen LogP contribution in [0, 0.1) is 0 Å². The fourth-order valence-electron chi connectivity index (χ4n) is 17.1. The van der Waals surface area contributed by atoms with Gasteiger partial charge in [-0.25, -0.2) is 0 Å². The smallest absolute Gasteiger partial charge is 0.0543 e. The summed E-state index contributed by atoms with van der Waals surface area (Å²) in [4.78, 5) is 4.94. The second kappa shape index (κ2) is 24.9. The summed E-state index contributed by atoms with van der Waals surface area (Å²) in [6.07, 6.45) is 13.2. The molecule has 0 spiro atoms. The van der Waals surface area contributed by atoms with Crippen LogP contribution in [0.2, 0.25) is 0 Å². The molecule has 98 heavy (non-hydrogen) atoms. The highest BCUT2D eigenvalue weighted by Crippen LogP contribution is 2.59. The van der Waals surface area contributed by atoms with Gasteiger partial charge in [-0.15, -0.1) is 0 Å². The van der Waals surface area contributed by atoms with Crippen LogP contribution in [0.1, 0.15) is 97.9 Å². The van der Waals surface area contributed by atoms with Gasteiger partial charge in [0.05, 0.1) is 11.4 Å². The Kier molecular flexibility index (Phi) is 15.3. The second-order valence-electron chi connectivity index (χ2n) is 26.7. The van der Waals surface area contributed by atoms with Gasteiger partial charge in [-0.3, -0.25) is 0 Å². The second-order valence-corrected chi connectivity index (χ2v) is 26.7. The SMILES string of the molecule is CCC1(CC)c2ccccc2-c2c1cc(N(c1ccccc1)c1ccc(/C=C/c3ccc4c(-c5ccccc5)c(-c5ccccc5)c5ccc(/C=C/c6ccc(N(c7ccccc7)c7cc8c(c9ccccc79)-c7ccccc7C8(CC)CC)cc6)cc5c4c3)cc1)c1ccccc21. The molecule has 0 atom stereocenters. The van der Waals surface area contributed by atoms with Gasteiger partial charge in [0.15, 0.2) is 0 Å². The van der Waals surface area contributed by atoms with E-state index in [0.717, 1.165) is 70.7 Å². The molecule has 2 nitrogen and oxygen atoms in total. The molecule has 0 bridgehead atoms. The highest BCUT2D eigenvalue weighted by molar-refractivity contribution is 6.22. The molecule has 0 saturated heterocycles. The van der Waals surface area contributed by atoms with Crippen LogP contribution >= 0.6 is 0 Å². The lowest BCUT2D eigenvalue weighted by atomic mass is 9.73. The molecule has 0 aliphatic heterocycles. The number of fused-ring (bicyclic) bond motifs is 13. The van der Waals surface area contributed by atoms with E-state index in [1.165, 1.54) is 121 Å². The van der Waals surface area contributed by atoms with Crippen molar-refractivity contribution in [3.05, 3.63) is 360 Å². The van der Waals surface area contributed by atoms with Crippen LogP contribution in [0.15, 0.2) is 315 Å². The predicted molar refractivity (Wildman–Crippen MR) is 421 cm³/mol. The molecule has 0 N–H and O–H groups in total. The van der Waals surface area contributed by atoms with Crippen molar-refractivity contribution in [2.24, 2.45) is 0 Å². The topological polar surface area (TPSA) is 6.48 Å². The van der Waals surface area contributed by atoms with Crippen LogP contribution in [-0.4, -0.2) is 0 Å². The summed E-state index contributed by atoms with van der Waals surface area (Å²) in [6.45, 7) is 9.45. The fourth-order valence-corrected chi connectivity index (χ4v) is 17.1. The molecule has 17 rings (SSSR count). The Labute approximate surface area is 576 Å². The first-order chi connectivity index (χ1) is 48.4. The molecule has 15 aromatic rings. The monoisotopic (exact) mass is 1260 g/mol. The summed E-state index contributed by atoms with van der Waals surface area (Å²) in [5.41, 5.74) is 27.4. The number of para-hydroxylation sites is 2. The zero-order valence-corrected chi connectivity index (χ0v) is 56.1. The molecule has 0 fully saturated rings. The highest BCUT2D eigenvalue weighted by atomic mass is 15.1. The van der Waals surface area contributed by atoms with E-state index in [4.69, 9.17) is 0 Å². The van der Waals surface area contributed by atoms with Crippen LogP contribution in [0.3, 0.4) is 0 Å². The molecule has 470 valence electrons. The Hall–Kier alpha value is -11.6. The minimum absolute atomic E-state index is 0.0708. The van der Waals surface area contributed by atoms with Crippen molar-refractivity contribution in [3.8, 4) is 44.5 Å². The minimum atomic E-state index is -0.0708. The lowest BCUT2D eigenvalue weighted by Crippen LogP contribution is -2.23. The molecule has 0 heterocycles. The zero-order valence-electron chi connectivity index (χ0n) is 56.1. The lowest BCUT2D eigenvalue weighted by molar-refractivity contribution is 0.491. The van der Waals surface area contributed by atoms with Gasteiger partial charge < -0.3 is 9.80 Å². The van der Waals surface area contributed by atoms with E-state index >= 15 is 0 Å². The average Bonchev–Trinajstić information content (AvgIpc) is 1.42. The third kappa shape index (κ3) is 9.83. The Balaban J connectivity index is 0.739. The van der Waals surface area contributed by atoms with Crippen LogP contribution in [0.4, 0.5) is 34.1 Å². The van der Waals surface area contributed by atoms with Gasteiger partial charge >= 0.3 is 0 Å². The molecule has 0 aromatic heterocycles. The van der Waals surface area contributed by atoms with Crippen molar-refractivity contribution in [1.29, 1.82) is 0 Å². The first kappa shape index (κ1) is 60.1.